The summed E-state index contributed by atoms with van der Waals surface area (Å²) in [5.74, 6) is -0.0489. The van der Waals surface area contributed by atoms with Gasteiger partial charge >= 0.3 is 0 Å². The van der Waals surface area contributed by atoms with E-state index in [0.717, 1.165) is 18.5 Å². The Hall–Kier alpha value is -2.05. The highest BCUT2D eigenvalue weighted by molar-refractivity contribution is 6.33. The molecular weight excluding hydrogens is 387 g/mol. The van der Waals surface area contributed by atoms with Crippen LogP contribution in [0.3, 0.4) is 0 Å². The van der Waals surface area contributed by atoms with Crippen molar-refractivity contribution in [3.8, 4) is 0 Å². The lowest BCUT2D eigenvalue weighted by Gasteiger charge is -2.21. The van der Waals surface area contributed by atoms with E-state index in [1.165, 1.54) is 0 Å². The predicted molar refractivity (Wildman–Crippen MR) is 105 cm³/mol. The molecular formula is C19H22Cl2N4O2. The molecule has 0 atom stereocenters. The van der Waals surface area contributed by atoms with Gasteiger partial charge in [-0.15, -0.1) is 0 Å². The second kappa shape index (κ2) is 8.31. The van der Waals surface area contributed by atoms with Crippen LogP contribution in [-0.2, 0) is 11.3 Å². The smallest absolute Gasteiger partial charge is 0.258 e. The van der Waals surface area contributed by atoms with Gasteiger partial charge in [-0.2, -0.15) is 5.10 Å². The average molecular weight is 409 g/mol. The summed E-state index contributed by atoms with van der Waals surface area (Å²) in [5.41, 5.74) is 1.84. The Morgan fingerprint density at radius 3 is 2.70 bits per heavy atom. The third-order valence-electron chi connectivity index (χ3n) is 4.78. The van der Waals surface area contributed by atoms with Crippen molar-refractivity contribution in [3.63, 3.8) is 0 Å². The Morgan fingerprint density at radius 2 is 2.04 bits per heavy atom. The van der Waals surface area contributed by atoms with Crippen LogP contribution in [0, 0.1) is 6.92 Å². The largest absolute Gasteiger partial charge is 0.341 e. The van der Waals surface area contributed by atoms with Crippen LogP contribution < -0.4 is 0 Å². The summed E-state index contributed by atoms with van der Waals surface area (Å²) in [6.45, 7) is 3.90. The van der Waals surface area contributed by atoms with Crippen molar-refractivity contribution in [1.29, 1.82) is 0 Å². The normalized spacial score (nSPS) is 14.1. The molecule has 8 heteroatoms. The summed E-state index contributed by atoms with van der Waals surface area (Å²) in [4.78, 5) is 28.0. The molecule has 27 heavy (non-hydrogen) atoms. The fourth-order valence-electron chi connectivity index (χ4n) is 3.19. The van der Waals surface area contributed by atoms with Crippen molar-refractivity contribution in [3.05, 3.63) is 51.3 Å². The van der Waals surface area contributed by atoms with Crippen LogP contribution in [0.5, 0.6) is 0 Å². The first-order valence-corrected chi connectivity index (χ1v) is 9.63. The second-order valence-electron chi connectivity index (χ2n) is 6.71. The summed E-state index contributed by atoms with van der Waals surface area (Å²) in [5, 5.41) is 5.33. The average Bonchev–Trinajstić information content (AvgIpc) is 3.17. The topological polar surface area (TPSA) is 58.4 Å². The Bertz CT molecular complexity index is 865. The van der Waals surface area contributed by atoms with Crippen molar-refractivity contribution in [2.24, 2.45) is 0 Å². The van der Waals surface area contributed by atoms with E-state index in [4.69, 9.17) is 23.2 Å². The third-order valence-corrected chi connectivity index (χ3v) is 5.53. The standard InChI is InChI=1S/C19H22Cl2N4O2/c1-13-17(19(27)23(2)10-11-24-9-5-8-16(24)26)18(21)25(22-13)12-14-6-3-4-7-15(14)20/h3-4,6-7H,5,8-12H2,1-2H3. The summed E-state index contributed by atoms with van der Waals surface area (Å²) < 4.78 is 1.59. The highest BCUT2D eigenvalue weighted by Gasteiger charge is 2.25. The van der Waals surface area contributed by atoms with Gasteiger partial charge in [0, 0.05) is 38.1 Å². The van der Waals surface area contributed by atoms with Gasteiger partial charge in [-0.3, -0.25) is 9.59 Å². The van der Waals surface area contributed by atoms with E-state index < -0.39 is 0 Å². The number of aryl methyl sites for hydroxylation is 1. The van der Waals surface area contributed by atoms with Gasteiger partial charge in [-0.25, -0.2) is 4.68 Å². The Balaban J connectivity index is 1.72. The maximum atomic E-state index is 12.9. The second-order valence-corrected chi connectivity index (χ2v) is 7.48. The predicted octanol–water partition coefficient (Wildman–Crippen LogP) is 3.24. The number of nitrogens with zero attached hydrogens (tertiary/aromatic N) is 4. The van der Waals surface area contributed by atoms with Crippen LogP contribution in [0.4, 0.5) is 0 Å². The molecule has 1 aliphatic heterocycles. The van der Waals surface area contributed by atoms with E-state index in [0.29, 0.717) is 47.5 Å². The van der Waals surface area contributed by atoms with Gasteiger partial charge in [0.15, 0.2) is 0 Å². The van der Waals surface area contributed by atoms with Crippen molar-refractivity contribution in [1.82, 2.24) is 19.6 Å². The number of carbonyl (C=O) groups excluding carboxylic acids is 2. The first-order chi connectivity index (χ1) is 12.9. The molecule has 144 valence electrons. The van der Waals surface area contributed by atoms with Crippen molar-refractivity contribution in [2.45, 2.75) is 26.3 Å². The molecule has 2 aromatic rings. The van der Waals surface area contributed by atoms with E-state index in [9.17, 15) is 9.59 Å². The lowest BCUT2D eigenvalue weighted by Crippen LogP contribution is -2.37. The van der Waals surface area contributed by atoms with Crippen LogP contribution in [0.1, 0.15) is 34.5 Å². The van der Waals surface area contributed by atoms with Crippen LogP contribution in [0.2, 0.25) is 10.2 Å². The van der Waals surface area contributed by atoms with Crippen LogP contribution in [0.25, 0.3) is 0 Å². The third kappa shape index (κ3) is 4.28. The van der Waals surface area contributed by atoms with E-state index in [1.807, 2.05) is 18.2 Å². The van der Waals surface area contributed by atoms with Crippen LogP contribution >= 0.6 is 23.2 Å². The minimum absolute atomic E-state index is 0.151. The molecule has 0 N–H and O–H groups in total. The summed E-state index contributed by atoms with van der Waals surface area (Å²) >= 11 is 12.7. The minimum Gasteiger partial charge on any atom is -0.341 e. The zero-order valence-corrected chi connectivity index (χ0v) is 16.9. The molecule has 1 aliphatic rings. The SMILES string of the molecule is Cc1nn(Cc2ccccc2Cl)c(Cl)c1C(=O)N(C)CCN1CCCC1=O. The number of benzene rings is 1. The van der Waals surface area contributed by atoms with Crippen LogP contribution in [-0.4, -0.2) is 58.1 Å². The number of aromatic nitrogens is 2. The zero-order chi connectivity index (χ0) is 19.6. The maximum absolute atomic E-state index is 12.9. The highest BCUT2D eigenvalue weighted by Crippen LogP contribution is 2.24. The number of hydrogen-bond acceptors (Lipinski definition) is 3. The molecule has 1 aromatic heterocycles. The lowest BCUT2D eigenvalue weighted by atomic mass is 10.2. The number of rotatable bonds is 6. The highest BCUT2D eigenvalue weighted by atomic mass is 35.5. The van der Waals surface area contributed by atoms with Gasteiger partial charge in [-0.1, -0.05) is 41.4 Å². The van der Waals surface area contributed by atoms with Gasteiger partial charge in [0.25, 0.3) is 5.91 Å². The molecule has 0 radical (unpaired) electrons. The van der Waals surface area contributed by atoms with E-state index in [1.54, 1.807) is 34.5 Å². The Kier molecular flexibility index (Phi) is 6.07. The van der Waals surface area contributed by atoms with E-state index >= 15 is 0 Å². The molecule has 0 saturated carbocycles. The minimum atomic E-state index is -0.199. The summed E-state index contributed by atoms with van der Waals surface area (Å²) in [6, 6.07) is 7.46. The molecule has 6 nitrogen and oxygen atoms in total. The van der Waals surface area contributed by atoms with Gasteiger partial charge < -0.3 is 9.80 Å². The number of likely N-dealkylation sites (N-methyl/N-ethyl adjacent to an activating group) is 1. The first-order valence-electron chi connectivity index (χ1n) is 8.88. The zero-order valence-electron chi connectivity index (χ0n) is 15.4. The van der Waals surface area contributed by atoms with Gasteiger partial charge in [0.2, 0.25) is 5.91 Å². The molecule has 0 spiro atoms. The number of hydrogen-bond donors (Lipinski definition) is 0. The maximum Gasteiger partial charge on any atom is 0.258 e. The number of carbonyl (C=O) groups is 2. The molecule has 1 aromatic carbocycles. The fourth-order valence-corrected chi connectivity index (χ4v) is 3.70. The lowest BCUT2D eigenvalue weighted by molar-refractivity contribution is -0.127. The molecule has 2 heterocycles. The van der Waals surface area contributed by atoms with Crippen LogP contribution in [0.15, 0.2) is 24.3 Å². The number of halogens is 2. The molecule has 0 aliphatic carbocycles. The molecule has 0 bridgehead atoms. The molecule has 1 fully saturated rings. The van der Waals surface area contributed by atoms with Crippen molar-refractivity contribution < 1.29 is 9.59 Å². The molecule has 2 amide bonds. The monoisotopic (exact) mass is 408 g/mol. The Morgan fingerprint density at radius 1 is 1.30 bits per heavy atom. The first kappa shape index (κ1) is 19.7. The van der Waals surface area contributed by atoms with E-state index in [-0.39, 0.29) is 11.8 Å². The van der Waals surface area contributed by atoms with Gasteiger partial charge in [-0.05, 0) is 25.0 Å². The van der Waals surface area contributed by atoms with Gasteiger partial charge in [0.1, 0.15) is 5.15 Å². The van der Waals surface area contributed by atoms with E-state index in [2.05, 4.69) is 5.10 Å². The Labute approximate surface area is 168 Å². The molecule has 1 saturated heterocycles. The summed E-state index contributed by atoms with van der Waals surface area (Å²) in [7, 11) is 1.71. The van der Waals surface area contributed by atoms with Crippen molar-refractivity contribution >= 4 is 35.0 Å². The quantitative estimate of drug-likeness (QED) is 0.736. The molecule has 0 unspecified atom stereocenters. The summed E-state index contributed by atoms with van der Waals surface area (Å²) in [6.07, 6.45) is 1.48. The number of likely N-dealkylation sites (tertiary alicyclic amines) is 1. The molecule has 3 rings (SSSR count). The fraction of sp³-hybridized carbons (Fsp3) is 0.421. The van der Waals surface area contributed by atoms with Gasteiger partial charge in [0.05, 0.1) is 17.8 Å². The van der Waals surface area contributed by atoms with Crippen molar-refractivity contribution in [2.75, 3.05) is 26.7 Å². The number of amides is 2.